The first-order valence-electron chi connectivity index (χ1n) is 12.8. The lowest BCUT2D eigenvalue weighted by molar-refractivity contribution is -0.0577. The second-order valence-corrected chi connectivity index (χ2v) is 15.6. The number of aromatic nitrogens is 8. The lowest BCUT2D eigenvalue weighted by atomic mass is 10.1. The highest BCUT2D eigenvalue weighted by Crippen LogP contribution is 2.58. The molecule has 0 spiro atoms. The number of aliphatic hydroxyl groups is 2. The Morgan fingerprint density at radius 1 is 0.818 bits per heavy atom. The van der Waals surface area contributed by atoms with Crippen LogP contribution in [0.25, 0.3) is 22.3 Å². The van der Waals surface area contributed by atoms with Gasteiger partial charge in [-0.15, -0.1) is 0 Å². The Morgan fingerprint density at radius 3 is 1.82 bits per heavy atom. The van der Waals surface area contributed by atoms with E-state index in [1.54, 1.807) is 0 Å². The molecule has 0 radical (unpaired) electrons. The van der Waals surface area contributed by atoms with E-state index >= 15 is 0 Å². The topological polar surface area (TPSA) is 272 Å². The molecule has 4 aromatic rings. The average molecular weight is 691 g/mol. The third-order valence-corrected chi connectivity index (χ3v) is 10.4. The van der Waals surface area contributed by atoms with E-state index in [1.807, 2.05) is 0 Å². The number of nitrogens with zero attached hydrogens (tertiary/aromatic N) is 8. The predicted octanol–water partition coefficient (Wildman–Crippen LogP) is -0.581. The molecule has 4 aromatic heterocycles. The van der Waals surface area contributed by atoms with Crippen molar-refractivity contribution in [3.63, 3.8) is 0 Å². The third-order valence-electron chi connectivity index (χ3n) is 7.26. The van der Waals surface area contributed by atoms with Gasteiger partial charge in [-0.05, 0) is 11.8 Å². The molecule has 7 heterocycles. The summed E-state index contributed by atoms with van der Waals surface area (Å²) < 4.78 is 50.6. The maximum atomic E-state index is 13.4. The number of thiol groups is 1. The van der Waals surface area contributed by atoms with Crippen LogP contribution in [-0.2, 0) is 43.9 Å². The lowest BCUT2D eigenvalue weighted by Crippen LogP contribution is -2.38. The maximum Gasteiger partial charge on any atom is 0.386 e. The van der Waals surface area contributed by atoms with Crippen molar-refractivity contribution in [2.45, 2.75) is 49.1 Å². The fourth-order valence-electron chi connectivity index (χ4n) is 5.24. The number of nitrogens with two attached hydrogens (primary N) is 2. The van der Waals surface area contributed by atoms with E-state index in [0.29, 0.717) is 0 Å². The van der Waals surface area contributed by atoms with Crippen LogP contribution in [0.3, 0.4) is 0 Å². The molecule has 24 heteroatoms. The number of anilines is 2. The van der Waals surface area contributed by atoms with Gasteiger partial charge in [0.2, 0.25) is 0 Å². The number of rotatable bonds is 2. The number of ether oxygens (including phenoxy) is 2. The zero-order chi connectivity index (χ0) is 31.0. The smallest absolute Gasteiger partial charge is 0.386 e. The van der Waals surface area contributed by atoms with E-state index < -0.39 is 75.8 Å². The Bertz CT molecular complexity index is 1700. The van der Waals surface area contributed by atoms with E-state index in [1.165, 1.54) is 34.4 Å². The molecular weight excluding hydrogens is 666 g/mol. The highest BCUT2D eigenvalue weighted by Gasteiger charge is 2.53. The molecule has 3 aliphatic rings. The summed E-state index contributed by atoms with van der Waals surface area (Å²) in [7, 11) is 0. The molecule has 3 saturated heterocycles. The van der Waals surface area contributed by atoms with E-state index in [9.17, 15) is 19.7 Å². The molecule has 3 fully saturated rings. The molecule has 0 aromatic carbocycles. The average Bonchev–Trinajstić information content (AvgIpc) is 3.73. The summed E-state index contributed by atoms with van der Waals surface area (Å²) >= 11 is 9.33. The molecule has 236 valence electrons. The van der Waals surface area contributed by atoms with Crippen molar-refractivity contribution >= 4 is 71.5 Å². The van der Waals surface area contributed by atoms with Gasteiger partial charge in [-0.25, -0.2) is 34.5 Å². The zero-order valence-corrected chi connectivity index (χ0v) is 25.5. The van der Waals surface area contributed by atoms with Gasteiger partial charge >= 0.3 is 13.5 Å². The van der Waals surface area contributed by atoms with Gasteiger partial charge in [0.25, 0.3) is 0 Å². The normalized spacial score (nSPS) is 38.3. The van der Waals surface area contributed by atoms with Crippen LogP contribution >= 0.6 is 25.8 Å². The monoisotopic (exact) mass is 690 g/mol. The molecule has 0 bridgehead atoms. The van der Waals surface area contributed by atoms with Crippen molar-refractivity contribution < 1.29 is 47.2 Å². The minimum Gasteiger partial charge on any atom is -0.386 e. The lowest BCUT2D eigenvalue weighted by Gasteiger charge is -2.29. The summed E-state index contributed by atoms with van der Waals surface area (Å²) in [5, 5.41) is 22.5. The molecule has 0 aliphatic carbocycles. The SMILES string of the molecule is Nc1ncnc2c1ncn2[C@@H]1OC2COP(O)(=S)O[C@@H]3C(COP(=O)(S)O[C@H]2[C@H]1O)O[C@@H](n1cnc2c(N)ncnc21)[C@@H]3O. The van der Waals surface area contributed by atoms with Crippen LogP contribution in [0.4, 0.5) is 11.6 Å². The first kappa shape index (κ1) is 30.2. The van der Waals surface area contributed by atoms with Gasteiger partial charge in [0.05, 0.1) is 25.9 Å². The van der Waals surface area contributed by atoms with Gasteiger partial charge in [-0.2, -0.15) is 0 Å². The van der Waals surface area contributed by atoms with E-state index in [2.05, 4.69) is 42.2 Å². The number of hydrogen-bond donors (Lipinski definition) is 6. The Labute approximate surface area is 256 Å². The van der Waals surface area contributed by atoms with Crippen LogP contribution in [-0.4, -0.2) is 104 Å². The van der Waals surface area contributed by atoms with Gasteiger partial charge in [-0.3, -0.25) is 22.7 Å². The molecular formula is C20H24N10O10P2S2. The first-order chi connectivity index (χ1) is 20.9. The molecule has 10 atom stereocenters. The Kier molecular flexibility index (Phi) is 7.64. The summed E-state index contributed by atoms with van der Waals surface area (Å²) in [6.45, 7) is -9.39. The molecule has 4 unspecified atom stereocenters. The second-order valence-electron chi connectivity index (χ2n) is 9.95. The van der Waals surface area contributed by atoms with E-state index in [4.69, 9.17) is 50.8 Å². The van der Waals surface area contributed by atoms with Gasteiger partial charge in [0, 0.05) is 0 Å². The van der Waals surface area contributed by atoms with Crippen LogP contribution in [0.2, 0.25) is 0 Å². The zero-order valence-electron chi connectivity index (χ0n) is 22.0. The molecule has 20 nitrogen and oxygen atoms in total. The minimum atomic E-state index is -4.26. The van der Waals surface area contributed by atoms with Crippen molar-refractivity contribution in [2.75, 3.05) is 24.7 Å². The van der Waals surface area contributed by atoms with Crippen LogP contribution in [0, 0.1) is 0 Å². The number of imidazole rings is 2. The minimum absolute atomic E-state index is 0.106. The van der Waals surface area contributed by atoms with Crippen molar-refractivity contribution in [3.8, 4) is 0 Å². The number of nitrogen functional groups attached to an aromatic ring is 2. The first-order valence-corrected chi connectivity index (χ1v) is 18.1. The fourth-order valence-corrected chi connectivity index (χ4v) is 8.18. The summed E-state index contributed by atoms with van der Waals surface area (Å²) in [4.78, 5) is 35.4. The largest absolute Gasteiger partial charge is 0.386 e. The Hall–Kier alpha value is -2.43. The summed E-state index contributed by atoms with van der Waals surface area (Å²) in [6.07, 6.45) is -5.32. The number of fused-ring (bicyclic) bond motifs is 4. The molecule has 7 rings (SSSR count). The number of aliphatic hydroxyl groups excluding tert-OH is 2. The quantitative estimate of drug-likeness (QED) is 0.113. The third kappa shape index (κ3) is 5.28. The predicted molar refractivity (Wildman–Crippen MR) is 154 cm³/mol. The van der Waals surface area contributed by atoms with Gasteiger partial charge in [-0.1, -0.05) is 12.2 Å². The molecule has 44 heavy (non-hydrogen) atoms. The van der Waals surface area contributed by atoms with Crippen LogP contribution in [0.15, 0.2) is 25.3 Å². The fraction of sp³-hybridized carbons (Fsp3) is 0.500. The van der Waals surface area contributed by atoms with Crippen molar-refractivity contribution in [1.82, 2.24) is 39.0 Å². The van der Waals surface area contributed by atoms with Gasteiger partial charge < -0.3 is 40.6 Å². The highest BCUT2D eigenvalue weighted by atomic mass is 32.7. The Morgan fingerprint density at radius 2 is 1.30 bits per heavy atom. The standard InChI is InChI=1S/C20H24N10O10P2S2/c21-15-9-17(25-3-23-15)29(5-27-9)19-11(31)13-7(37-19)1-35-41(33,43)40-14-8(2-36-42(34,44)39-13)38-20(12(14)32)30-6-28-10-16(22)24-4-26-18(10)30/h3-8,11-14,19-20,31-32H,1-2H2,(H,33,43)(H,34,44)(H2,21,23,25)(H2,22,24,26)/t7?,8?,11-,12-,13-,14-,19-,20-,41?,42?/m1/s1. The van der Waals surface area contributed by atoms with Crippen molar-refractivity contribution in [1.29, 1.82) is 0 Å². The van der Waals surface area contributed by atoms with E-state index in [0.717, 1.165) is 0 Å². The highest BCUT2D eigenvalue weighted by molar-refractivity contribution is 8.44. The van der Waals surface area contributed by atoms with Crippen LogP contribution < -0.4 is 11.5 Å². The summed E-state index contributed by atoms with van der Waals surface area (Å²) in [5.74, 6) is 0.213. The van der Waals surface area contributed by atoms with Crippen molar-refractivity contribution in [3.05, 3.63) is 25.3 Å². The van der Waals surface area contributed by atoms with Crippen molar-refractivity contribution in [2.24, 2.45) is 0 Å². The molecule has 7 N–H and O–H groups in total. The molecule has 0 amide bonds. The molecule has 0 saturated carbocycles. The summed E-state index contributed by atoms with van der Waals surface area (Å²) in [5.41, 5.74) is 12.8. The van der Waals surface area contributed by atoms with Crippen LogP contribution in [0.5, 0.6) is 0 Å². The molecule has 3 aliphatic heterocycles. The van der Waals surface area contributed by atoms with Crippen LogP contribution in [0.1, 0.15) is 12.5 Å². The van der Waals surface area contributed by atoms with Gasteiger partial charge in [0.15, 0.2) is 35.4 Å². The summed E-state index contributed by atoms with van der Waals surface area (Å²) in [6, 6.07) is 0. The van der Waals surface area contributed by atoms with Gasteiger partial charge in [0.1, 0.15) is 60.3 Å². The maximum absolute atomic E-state index is 13.4. The van der Waals surface area contributed by atoms with E-state index in [-0.39, 0.29) is 34.0 Å². The second kappa shape index (κ2) is 11.1. The number of hydrogen-bond acceptors (Lipinski definition) is 18. The Balaban J connectivity index is 1.17.